The topological polar surface area (TPSA) is 47.3 Å². The molecule has 0 radical (unpaired) electrons. The van der Waals surface area contributed by atoms with Crippen LogP contribution in [0.2, 0.25) is 0 Å². The molecule has 0 saturated heterocycles. The summed E-state index contributed by atoms with van der Waals surface area (Å²) >= 11 is 0. The van der Waals surface area contributed by atoms with E-state index in [9.17, 15) is 0 Å². The Morgan fingerprint density at radius 1 is 1.47 bits per heavy atom. The van der Waals surface area contributed by atoms with Gasteiger partial charge in [0.15, 0.2) is 0 Å². The Kier molecular flexibility index (Phi) is 4.43. The molecule has 3 N–H and O–H groups in total. The molecule has 84 valence electrons. The minimum absolute atomic E-state index is 0.272. The van der Waals surface area contributed by atoms with Crippen LogP contribution < -0.4 is 11.1 Å². The van der Waals surface area contributed by atoms with Gasteiger partial charge in [0.25, 0.3) is 0 Å². The van der Waals surface area contributed by atoms with Crippen LogP contribution in [-0.2, 0) is 4.74 Å². The van der Waals surface area contributed by atoms with Crippen LogP contribution in [0.1, 0.15) is 19.4 Å². The van der Waals surface area contributed by atoms with E-state index in [0.29, 0.717) is 6.61 Å². The molecule has 0 amide bonds. The summed E-state index contributed by atoms with van der Waals surface area (Å²) in [5.74, 6) is 0. The lowest BCUT2D eigenvalue weighted by Crippen LogP contribution is -2.22. The zero-order chi connectivity index (χ0) is 11.3. The highest BCUT2D eigenvalue weighted by atomic mass is 16.5. The normalized spacial score (nSPS) is 12.5. The van der Waals surface area contributed by atoms with Crippen LogP contribution in [0.25, 0.3) is 0 Å². The molecule has 0 aromatic heterocycles. The molecular weight excluding hydrogens is 188 g/mol. The van der Waals surface area contributed by atoms with E-state index in [1.54, 1.807) is 0 Å². The van der Waals surface area contributed by atoms with E-state index in [-0.39, 0.29) is 6.04 Å². The summed E-state index contributed by atoms with van der Waals surface area (Å²) in [5, 5.41) is 3.34. The molecule has 1 rings (SSSR count). The first-order chi connectivity index (χ1) is 7.15. The maximum absolute atomic E-state index is 5.96. The predicted molar refractivity (Wildman–Crippen MR) is 65.2 cm³/mol. The van der Waals surface area contributed by atoms with Gasteiger partial charge in [-0.05, 0) is 32.4 Å². The number of benzene rings is 1. The molecule has 1 unspecified atom stereocenters. The first-order valence-electron chi connectivity index (χ1n) is 5.34. The molecular formula is C12H20N2O. The van der Waals surface area contributed by atoms with Crippen molar-refractivity contribution in [2.75, 3.05) is 24.3 Å². The largest absolute Gasteiger partial charge is 0.397 e. The highest BCUT2D eigenvalue weighted by Crippen LogP contribution is 2.22. The van der Waals surface area contributed by atoms with Crippen molar-refractivity contribution in [3.05, 3.63) is 23.8 Å². The van der Waals surface area contributed by atoms with E-state index in [1.807, 2.05) is 32.0 Å². The summed E-state index contributed by atoms with van der Waals surface area (Å²) in [6, 6.07) is 6.27. The third-order valence-corrected chi connectivity index (χ3v) is 2.30. The molecule has 1 aromatic rings. The maximum Gasteiger partial charge on any atom is 0.0664 e. The van der Waals surface area contributed by atoms with Crippen molar-refractivity contribution in [2.24, 2.45) is 0 Å². The van der Waals surface area contributed by atoms with Crippen molar-refractivity contribution in [2.45, 2.75) is 26.8 Å². The molecule has 15 heavy (non-hydrogen) atoms. The first kappa shape index (κ1) is 11.9. The first-order valence-corrected chi connectivity index (χ1v) is 5.34. The third kappa shape index (κ3) is 3.44. The maximum atomic E-state index is 5.96. The van der Waals surface area contributed by atoms with Crippen molar-refractivity contribution in [3.63, 3.8) is 0 Å². The van der Waals surface area contributed by atoms with Gasteiger partial charge in [0.1, 0.15) is 0 Å². The van der Waals surface area contributed by atoms with E-state index < -0.39 is 0 Å². The zero-order valence-electron chi connectivity index (χ0n) is 9.71. The van der Waals surface area contributed by atoms with Crippen LogP contribution in [0.5, 0.6) is 0 Å². The summed E-state index contributed by atoms with van der Waals surface area (Å²) in [6.45, 7) is 7.53. The lowest BCUT2D eigenvalue weighted by molar-refractivity contribution is 0.141. The average Bonchev–Trinajstić information content (AvgIpc) is 2.22. The second-order valence-corrected chi connectivity index (χ2v) is 3.74. The summed E-state index contributed by atoms with van der Waals surface area (Å²) in [7, 11) is 0. The quantitative estimate of drug-likeness (QED) is 0.730. The summed E-state index contributed by atoms with van der Waals surface area (Å²) in [4.78, 5) is 0. The lowest BCUT2D eigenvalue weighted by Gasteiger charge is -2.17. The van der Waals surface area contributed by atoms with Gasteiger partial charge in [0, 0.05) is 12.6 Å². The number of ether oxygens (including phenoxy) is 1. The third-order valence-electron chi connectivity index (χ3n) is 2.30. The van der Waals surface area contributed by atoms with Gasteiger partial charge < -0.3 is 15.8 Å². The molecule has 0 spiro atoms. The van der Waals surface area contributed by atoms with Crippen molar-refractivity contribution >= 4 is 11.4 Å². The van der Waals surface area contributed by atoms with Crippen molar-refractivity contribution < 1.29 is 4.74 Å². The van der Waals surface area contributed by atoms with Gasteiger partial charge >= 0.3 is 0 Å². The zero-order valence-corrected chi connectivity index (χ0v) is 9.71. The van der Waals surface area contributed by atoms with Crippen molar-refractivity contribution in [1.29, 1.82) is 0 Å². The van der Waals surface area contributed by atoms with Crippen LogP contribution in [0, 0.1) is 6.92 Å². The van der Waals surface area contributed by atoms with Crippen LogP contribution in [0.15, 0.2) is 18.2 Å². The highest BCUT2D eigenvalue weighted by Gasteiger charge is 2.05. The number of hydrogen-bond donors (Lipinski definition) is 2. The Morgan fingerprint density at radius 2 is 2.20 bits per heavy atom. The molecule has 0 fully saturated rings. The second kappa shape index (κ2) is 5.61. The Balaban J connectivity index is 2.60. The number of aryl methyl sites for hydroxylation is 1. The van der Waals surface area contributed by atoms with E-state index in [0.717, 1.165) is 23.5 Å². The van der Waals surface area contributed by atoms with E-state index >= 15 is 0 Å². The fourth-order valence-electron chi connectivity index (χ4n) is 1.41. The molecule has 0 saturated carbocycles. The highest BCUT2D eigenvalue weighted by molar-refractivity contribution is 5.69. The van der Waals surface area contributed by atoms with Gasteiger partial charge in [-0.15, -0.1) is 0 Å². The molecule has 3 nitrogen and oxygen atoms in total. The number of rotatable bonds is 5. The molecule has 0 aliphatic heterocycles. The predicted octanol–water partition coefficient (Wildman–Crippen LogP) is 2.41. The average molecular weight is 208 g/mol. The van der Waals surface area contributed by atoms with Gasteiger partial charge in [-0.2, -0.15) is 0 Å². The number of para-hydroxylation sites is 1. The molecule has 3 heteroatoms. The molecule has 1 aromatic carbocycles. The summed E-state index contributed by atoms with van der Waals surface area (Å²) in [6.07, 6.45) is 0. The Morgan fingerprint density at radius 3 is 2.87 bits per heavy atom. The minimum atomic E-state index is 0.272. The fraction of sp³-hybridized carbons (Fsp3) is 0.500. The standard InChI is InChI=1S/C12H20N2O/c1-4-15-8-10(3)14-11-7-5-6-9(2)12(11)13/h5-7,10,14H,4,8,13H2,1-3H3. The van der Waals surface area contributed by atoms with Crippen molar-refractivity contribution in [1.82, 2.24) is 0 Å². The van der Waals surface area contributed by atoms with Crippen LogP contribution >= 0.6 is 0 Å². The smallest absolute Gasteiger partial charge is 0.0664 e. The van der Waals surface area contributed by atoms with E-state index in [4.69, 9.17) is 10.5 Å². The van der Waals surface area contributed by atoms with E-state index in [1.165, 1.54) is 0 Å². The van der Waals surface area contributed by atoms with Gasteiger partial charge in [0.2, 0.25) is 0 Å². The van der Waals surface area contributed by atoms with E-state index in [2.05, 4.69) is 12.2 Å². The fourth-order valence-corrected chi connectivity index (χ4v) is 1.41. The monoisotopic (exact) mass is 208 g/mol. The second-order valence-electron chi connectivity index (χ2n) is 3.74. The number of anilines is 2. The molecule has 0 heterocycles. The molecule has 0 bridgehead atoms. The minimum Gasteiger partial charge on any atom is -0.397 e. The Labute approximate surface area is 91.6 Å². The Bertz CT molecular complexity index is 312. The number of nitrogen functional groups attached to an aromatic ring is 1. The lowest BCUT2D eigenvalue weighted by atomic mass is 10.1. The van der Waals surface area contributed by atoms with Gasteiger partial charge in [-0.3, -0.25) is 0 Å². The molecule has 1 atom stereocenters. The SMILES string of the molecule is CCOCC(C)Nc1cccc(C)c1N. The van der Waals surface area contributed by atoms with Crippen molar-refractivity contribution in [3.8, 4) is 0 Å². The van der Waals surface area contributed by atoms with Crippen LogP contribution in [0.4, 0.5) is 11.4 Å². The number of nitrogens with one attached hydrogen (secondary N) is 1. The summed E-state index contributed by atoms with van der Waals surface area (Å²) < 4.78 is 5.33. The van der Waals surface area contributed by atoms with Gasteiger partial charge in [0.05, 0.1) is 18.0 Å². The summed E-state index contributed by atoms with van der Waals surface area (Å²) in [5.41, 5.74) is 8.87. The number of hydrogen-bond acceptors (Lipinski definition) is 3. The number of nitrogens with two attached hydrogens (primary N) is 1. The van der Waals surface area contributed by atoms with Crippen LogP contribution in [-0.4, -0.2) is 19.3 Å². The van der Waals surface area contributed by atoms with Gasteiger partial charge in [-0.25, -0.2) is 0 Å². The van der Waals surface area contributed by atoms with Gasteiger partial charge in [-0.1, -0.05) is 12.1 Å². The molecule has 0 aliphatic carbocycles. The molecule has 0 aliphatic rings. The van der Waals surface area contributed by atoms with Crippen LogP contribution in [0.3, 0.4) is 0 Å². The Hall–Kier alpha value is -1.22.